The summed E-state index contributed by atoms with van der Waals surface area (Å²) in [6, 6.07) is 0. The fourth-order valence-electron chi connectivity index (χ4n) is 4.03. The van der Waals surface area contributed by atoms with Gasteiger partial charge in [-0.3, -0.25) is 10.1 Å². The van der Waals surface area contributed by atoms with Crippen molar-refractivity contribution in [3.05, 3.63) is 17.5 Å². The molecule has 0 aromatic carbocycles. The predicted molar refractivity (Wildman–Crippen MR) is 107 cm³/mol. The van der Waals surface area contributed by atoms with Crippen molar-refractivity contribution >= 4 is 17.7 Å². The van der Waals surface area contributed by atoms with E-state index in [4.69, 9.17) is 4.99 Å². The van der Waals surface area contributed by atoms with Crippen LogP contribution in [-0.4, -0.2) is 57.7 Å². The van der Waals surface area contributed by atoms with Gasteiger partial charge in [0.1, 0.15) is 0 Å². The van der Waals surface area contributed by atoms with E-state index in [1.807, 2.05) is 6.20 Å². The van der Waals surface area contributed by atoms with Crippen LogP contribution in [0.1, 0.15) is 56.7 Å². The number of H-pyrrole nitrogens is 1. The minimum absolute atomic E-state index is 0.487. The van der Waals surface area contributed by atoms with Crippen molar-refractivity contribution in [1.29, 1.82) is 0 Å². The van der Waals surface area contributed by atoms with E-state index in [0.717, 1.165) is 38.4 Å². The van der Waals surface area contributed by atoms with Gasteiger partial charge in [0.15, 0.2) is 5.96 Å². The molecular weight excluding hydrogens is 330 g/mol. The van der Waals surface area contributed by atoms with E-state index in [2.05, 4.69) is 46.0 Å². The molecule has 1 spiro atoms. The van der Waals surface area contributed by atoms with Crippen LogP contribution in [0.3, 0.4) is 0 Å². The van der Waals surface area contributed by atoms with Crippen LogP contribution in [0, 0.1) is 6.92 Å². The zero-order chi connectivity index (χ0) is 17.5. The van der Waals surface area contributed by atoms with E-state index in [-0.39, 0.29) is 0 Å². The quantitative estimate of drug-likeness (QED) is 0.478. The lowest BCUT2D eigenvalue weighted by atomic mass is 9.87. The van der Waals surface area contributed by atoms with Crippen LogP contribution in [0.4, 0.5) is 0 Å². The van der Waals surface area contributed by atoms with Gasteiger partial charge in [-0.25, -0.2) is 0 Å². The number of aryl methyl sites for hydroxylation is 2. The van der Waals surface area contributed by atoms with E-state index in [9.17, 15) is 0 Å². The fraction of sp³-hybridized carbons (Fsp3) is 0.789. The van der Waals surface area contributed by atoms with Crippen LogP contribution in [0.5, 0.6) is 0 Å². The molecule has 140 valence electrons. The molecule has 2 aliphatic rings. The fourth-order valence-corrected chi connectivity index (χ4v) is 5.60. The van der Waals surface area contributed by atoms with E-state index in [0.29, 0.717) is 4.75 Å². The lowest BCUT2D eigenvalue weighted by molar-refractivity contribution is 0.293. The number of guanidine groups is 1. The first kappa shape index (κ1) is 18.6. The van der Waals surface area contributed by atoms with Gasteiger partial charge in [-0.15, -0.1) is 0 Å². The first-order valence-corrected chi connectivity index (χ1v) is 10.9. The second-order valence-electron chi connectivity index (χ2n) is 7.37. The Morgan fingerprint density at radius 1 is 1.40 bits per heavy atom. The molecule has 1 aromatic heterocycles. The van der Waals surface area contributed by atoms with Crippen molar-refractivity contribution in [3.63, 3.8) is 0 Å². The standard InChI is InChI=1S/C19H33N5S/c1-3-20-18(21-11-7-8-17-14-22-23-16(17)2)24-12-13-25-19(15-24)9-5-4-6-10-19/h14H,3-13,15H2,1-2H3,(H,20,21)(H,22,23). The minimum Gasteiger partial charge on any atom is -0.357 e. The molecule has 2 N–H and O–H groups in total. The highest BCUT2D eigenvalue weighted by molar-refractivity contribution is 8.00. The Morgan fingerprint density at radius 3 is 2.96 bits per heavy atom. The molecule has 0 radical (unpaired) electrons. The average Bonchev–Trinajstić information content (AvgIpc) is 3.03. The van der Waals surface area contributed by atoms with Gasteiger partial charge in [0, 0.05) is 42.4 Å². The molecule has 0 amide bonds. The van der Waals surface area contributed by atoms with Gasteiger partial charge in [0.25, 0.3) is 0 Å². The Hall–Kier alpha value is -1.17. The zero-order valence-electron chi connectivity index (χ0n) is 15.8. The van der Waals surface area contributed by atoms with Crippen LogP contribution in [0.25, 0.3) is 0 Å². The molecule has 1 aromatic rings. The molecule has 1 saturated carbocycles. The first-order chi connectivity index (χ1) is 12.2. The topological polar surface area (TPSA) is 56.3 Å². The van der Waals surface area contributed by atoms with Crippen LogP contribution in [-0.2, 0) is 6.42 Å². The molecule has 3 rings (SSSR count). The average molecular weight is 364 g/mol. The molecule has 25 heavy (non-hydrogen) atoms. The zero-order valence-corrected chi connectivity index (χ0v) is 16.6. The molecule has 0 bridgehead atoms. The molecule has 1 saturated heterocycles. The number of rotatable bonds is 5. The predicted octanol–water partition coefficient (Wildman–Crippen LogP) is 3.37. The monoisotopic (exact) mass is 363 g/mol. The number of hydrogen-bond donors (Lipinski definition) is 2. The maximum Gasteiger partial charge on any atom is 0.193 e. The SMILES string of the molecule is CCNC(=NCCCc1cn[nH]c1C)N1CCSC2(CCCCC2)C1. The van der Waals surface area contributed by atoms with Crippen molar-refractivity contribution < 1.29 is 0 Å². The second-order valence-corrected chi connectivity index (χ2v) is 8.94. The van der Waals surface area contributed by atoms with Crippen LogP contribution in [0.15, 0.2) is 11.2 Å². The van der Waals surface area contributed by atoms with Crippen molar-refractivity contribution in [2.24, 2.45) is 4.99 Å². The maximum atomic E-state index is 4.94. The summed E-state index contributed by atoms with van der Waals surface area (Å²) >= 11 is 2.22. The Morgan fingerprint density at radius 2 is 2.24 bits per heavy atom. The summed E-state index contributed by atoms with van der Waals surface area (Å²) in [5.41, 5.74) is 2.50. The summed E-state index contributed by atoms with van der Waals surface area (Å²) in [6.45, 7) is 8.37. The molecule has 1 aliphatic heterocycles. The molecule has 0 unspecified atom stereocenters. The summed E-state index contributed by atoms with van der Waals surface area (Å²) in [4.78, 5) is 7.46. The highest BCUT2D eigenvalue weighted by atomic mass is 32.2. The summed E-state index contributed by atoms with van der Waals surface area (Å²) in [5, 5.41) is 10.6. The van der Waals surface area contributed by atoms with Gasteiger partial charge in [0.2, 0.25) is 0 Å². The molecule has 2 fully saturated rings. The molecule has 5 nitrogen and oxygen atoms in total. The number of aromatic amines is 1. The Bertz CT molecular complexity index is 556. The lowest BCUT2D eigenvalue weighted by Crippen LogP contribution is -2.53. The van der Waals surface area contributed by atoms with Crippen molar-refractivity contribution in [2.45, 2.75) is 63.5 Å². The normalized spacial score (nSPS) is 20.9. The Kier molecular flexibility index (Phi) is 6.68. The summed E-state index contributed by atoms with van der Waals surface area (Å²) in [5.74, 6) is 2.36. The number of nitrogens with one attached hydrogen (secondary N) is 2. The molecular formula is C19H33N5S. The highest BCUT2D eigenvalue weighted by Gasteiger charge is 2.38. The first-order valence-electron chi connectivity index (χ1n) is 9.88. The second kappa shape index (κ2) is 8.97. The minimum atomic E-state index is 0.487. The van der Waals surface area contributed by atoms with E-state index in [1.54, 1.807) is 0 Å². The van der Waals surface area contributed by atoms with Gasteiger partial charge in [-0.1, -0.05) is 19.3 Å². The molecule has 0 atom stereocenters. The van der Waals surface area contributed by atoms with Crippen molar-refractivity contribution in [2.75, 3.05) is 31.9 Å². The van der Waals surface area contributed by atoms with Crippen LogP contribution < -0.4 is 5.32 Å². The maximum absolute atomic E-state index is 4.94. The third-order valence-electron chi connectivity index (χ3n) is 5.45. The van der Waals surface area contributed by atoms with Crippen molar-refractivity contribution in [3.8, 4) is 0 Å². The third-order valence-corrected chi connectivity index (χ3v) is 6.98. The number of nitrogens with zero attached hydrogens (tertiary/aromatic N) is 3. The Balaban J connectivity index is 1.56. The summed E-state index contributed by atoms with van der Waals surface area (Å²) < 4.78 is 0.487. The van der Waals surface area contributed by atoms with Crippen LogP contribution >= 0.6 is 11.8 Å². The van der Waals surface area contributed by atoms with E-state index in [1.165, 1.54) is 55.7 Å². The van der Waals surface area contributed by atoms with Crippen molar-refractivity contribution in [1.82, 2.24) is 20.4 Å². The summed E-state index contributed by atoms with van der Waals surface area (Å²) in [6.07, 6.45) is 11.1. The smallest absolute Gasteiger partial charge is 0.193 e. The summed E-state index contributed by atoms with van der Waals surface area (Å²) in [7, 11) is 0. The van der Waals surface area contributed by atoms with Gasteiger partial charge in [-0.05, 0) is 45.1 Å². The van der Waals surface area contributed by atoms with Crippen LogP contribution in [0.2, 0.25) is 0 Å². The largest absolute Gasteiger partial charge is 0.357 e. The van der Waals surface area contributed by atoms with Gasteiger partial charge in [-0.2, -0.15) is 16.9 Å². The van der Waals surface area contributed by atoms with E-state index >= 15 is 0 Å². The van der Waals surface area contributed by atoms with Gasteiger partial charge < -0.3 is 10.2 Å². The lowest BCUT2D eigenvalue weighted by Gasteiger charge is -2.45. The van der Waals surface area contributed by atoms with E-state index < -0.39 is 0 Å². The molecule has 2 heterocycles. The Labute approximate surface area is 156 Å². The molecule has 1 aliphatic carbocycles. The molecule has 6 heteroatoms. The highest BCUT2D eigenvalue weighted by Crippen LogP contribution is 2.42. The number of aliphatic imine (C=N–C) groups is 1. The number of thioether (sulfide) groups is 1. The van der Waals surface area contributed by atoms with Gasteiger partial charge in [0.05, 0.1) is 6.20 Å². The number of aromatic nitrogens is 2. The number of hydrogen-bond acceptors (Lipinski definition) is 3. The third kappa shape index (κ3) is 4.93. The van der Waals surface area contributed by atoms with Gasteiger partial charge >= 0.3 is 0 Å².